The molecule has 1 aliphatic carbocycles. The maximum absolute atomic E-state index is 13.6. The summed E-state index contributed by atoms with van der Waals surface area (Å²) in [7, 11) is -2.18. The number of hydrogen-bond acceptors (Lipinski definition) is 7. The van der Waals surface area contributed by atoms with Gasteiger partial charge in [-0.3, -0.25) is 4.79 Å². The lowest BCUT2D eigenvalue weighted by atomic mass is 9.96. The summed E-state index contributed by atoms with van der Waals surface area (Å²) in [5.74, 6) is -0.268. The average Bonchev–Trinajstić information content (AvgIpc) is 3.47. The van der Waals surface area contributed by atoms with Crippen molar-refractivity contribution in [3.05, 3.63) is 41.3 Å². The largest absolute Gasteiger partial charge is 0.488 e. The molecule has 0 saturated heterocycles. The molecule has 39 heavy (non-hydrogen) atoms. The molecule has 3 N–H and O–H groups in total. The second-order valence-corrected chi connectivity index (χ2v) is 13.7. The van der Waals surface area contributed by atoms with Gasteiger partial charge in [-0.2, -0.15) is 4.31 Å². The first kappa shape index (κ1) is 29.3. The number of nitrogens with one attached hydrogen (secondary N) is 2. The van der Waals surface area contributed by atoms with Gasteiger partial charge in [-0.25, -0.2) is 13.2 Å². The van der Waals surface area contributed by atoms with Crippen molar-refractivity contribution >= 4 is 39.0 Å². The van der Waals surface area contributed by atoms with Gasteiger partial charge in [0.15, 0.2) is 0 Å². The predicted octanol–water partition coefficient (Wildman–Crippen LogP) is 3.74. The first-order valence-electron chi connectivity index (χ1n) is 13.4. The van der Waals surface area contributed by atoms with E-state index in [2.05, 4.69) is 10.6 Å². The minimum atomic E-state index is -3.70. The molecule has 2 aliphatic rings. The van der Waals surface area contributed by atoms with E-state index >= 15 is 0 Å². The van der Waals surface area contributed by atoms with Crippen molar-refractivity contribution < 1.29 is 27.9 Å². The smallest absolute Gasteiger partial charge is 0.319 e. The van der Waals surface area contributed by atoms with Crippen LogP contribution in [0.25, 0.3) is 0 Å². The number of urea groups is 1. The van der Waals surface area contributed by atoms with Crippen LogP contribution in [-0.2, 0) is 10.0 Å². The number of hydrogen-bond donors (Lipinski definition) is 3. The number of carbonyl (C=O) groups is 2. The number of aliphatic hydroxyl groups is 1. The van der Waals surface area contributed by atoms with Gasteiger partial charge in [-0.1, -0.05) is 32.3 Å². The molecule has 12 heteroatoms. The third kappa shape index (κ3) is 6.92. The van der Waals surface area contributed by atoms with Gasteiger partial charge in [-0.15, -0.1) is 11.3 Å². The summed E-state index contributed by atoms with van der Waals surface area (Å²) < 4.78 is 34.0. The molecule has 0 spiro atoms. The van der Waals surface area contributed by atoms with Crippen molar-refractivity contribution in [2.75, 3.05) is 32.1 Å². The first-order valence-corrected chi connectivity index (χ1v) is 15.7. The number of sulfonamides is 1. The molecule has 1 aliphatic heterocycles. The van der Waals surface area contributed by atoms with E-state index in [1.54, 1.807) is 47.5 Å². The summed E-state index contributed by atoms with van der Waals surface area (Å²) >= 11 is 1.15. The number of benzene rings is 1. The van der Waals surface area contributed by atoms with E-state index in [1.165, 1.54) is 17.8 Å². The second-order valence-electron chi connectivity index (χ2n) is 10.5. The highest BCUT2D eigenvalue weighted by Gasteiger charge is 2.35. The summed E-state index contributed by atoms with van der Waals surface area (Å²) in [6.45, 7) is 3.76. The van der Waals surface area contributed by atoms with Gasteiger partial charge < -0.3 is 25.4 Å². The zero-order chi connectivity index (χ0) is 28.2. The number of amides is 3. The molecule has 3 amide bonds. The van der Waals surface area contributed by atoms with Crippen LogP contribution in [0.2, 0.25) is 0 Å². The Morgan fingerprint density at radius 1 is 1.26 bits per heavy atom. The highest BCUT2D eigenvalue weighted by atomic mass is 32.2. The Morgan fingerprint density at radius 3 is 2.67 bits per heavy atom. The minimum absolute atomic E-state index is 0.0696. The van der Waals surface area contributed by atoms with E-state index < -0.39 is 22.2 Å². The SMILES string of the molecule is C[C@H](CO)N1C[C@H](C)[C@H](CN(C)S(=O)(=O)c2cccs2)Oc2ccc(NC(=O)NC3CCCCC3)cc2C1=O. The fourth-order valence-electron chi connectivity index (χ4n) is 5.03. The van der Waals surface area contributed by atoms with Crippen LogP contribution < -0.4 is 15.4 Å². The number of fused-ring (bicyclic) bond motifs is 1. The van der Waals surface area contributed by atoms with Crippen LogP contribution in [0.15, 0.2) is 39.9 Å². The number of rotatable bonds is 8. The molecule has 2 aromatic rings. The number of aliphatic hydroxyl groups excluding tert-OH is 1. The highest BCUT2D eigenvalue weighted by Crippen LogP contribution is 2.31. The summed E-state index contributed by atoms with van der Waals surface area (Å²) in [5, 5.41) is 17.4. The summed E-state index contributed by atoms with van der Waals surface area (Å²) in [6.07, 6.45) is 4.71. The Labute approximate surface area is 234 Å². The molecule has 0 bridgehead atoms. The van der Waals surface area contributed by atoms with E-state index in [0.717, 1.165) is 37.0 Å². The molecule has 2 heterocycles. The van der Waals surface area contributed by atoms with Crippen molar-refractivity contribution in [3.63, 3.8) is 0 Å². The monoisotopic (exact) mass is 578 g/mol. The molecule has 10 nitrogen and oxygen atoms in total. The first-order chi connectivity index (χ1) is 18.6. The zero-order valence-corrected chi connectivity index (χ0v) is 24.3. The Kier molecular flexibility index (Phi) is 9.52. The van der Waals surface area contributed by atoms with E-state index in [-0.39, 0.29) is 53.4 Å². The summed E-state index contributed by atoms with van der Waals surface area (Å²) in [4.78, 5) is 27.9. The Morgan fingerprint density at radius 2 is 2.00 bits per heavy atom. The molecule has 0 unspecified atom stereocenters. The molecule has 214 valence electrons. The van der Waals surface area contributed by atoms with Crippen LogP contribution in [0, 0.1) is 5.92 Å². The normalized spacial score (nSPS) is 21.5. The highest BCUT2D eigenvalue weighted by molar-refractivity contribution is 7.91. The molecule has 1 aromatic carbocycles. The Bertz CT molecular complexity index is 1250. The number of likely N-dealkylation sites (N-methyl/N-ethyl adjacent to an activating group) is 1. The molecule has 1 fully saturated rings. The molecule has 1 aromatic heterocycles. The van der Waals surface area contributed by atoms with Crippen molar-refractivity contribution in [2.45, 2.75) is 68.3 Å². The fourth-order valence-corrected chi connectivity index (χ4v) is 7.42. The second kappa shape index (κ2) is 12.7. The topological polar surface area (TPSA) is 128 Å². The predicted molar refractivity (Wildman–Crippen MR) is 151 cm³/mol. The van der Waals surface area contributed by atoms with E-state index in [9.17, 15) is 23.1 Å². The molecule has 4 rings (SSSR count). The lowest BCUT2D eigenvalue weighted by Gasteiger charge is -2.38. The van der Waals surface area contributed by atoms with Crippen molar-refractivity contribution in [3.8, 4) is 5.75 Å². The van der Waals surface area contributed by atoms with Gasteiger partial charge in [0.2, 0.25) is 0 Å². The van der Waals surface area contributed by atoms with Crippen molar-refractivity contribution in [1.82, 2.24) is 14.5 Å². The third-order valence-corrected chi connectivity index (χ3v) is 10.7. The number of anilines is 1. The van der Waals surface area contributed by atoms with Crippen LogP contribution in [0.5, 0.6) is 5.75 Å². The Hall–Kier alpha value is -2.67. The molecular weight excluding hydrogens is 540 g/mol. The Balaban J connectivity index is 1.58. The number of nitrogens with zero attached hydrogens (tertiary/aromatic N) is 2. The quantitative estimate of drug-likeness (QED) is 0.438. The van der Waals surface area contributed by atoms with Crippen LogP contribution in [0.4, 0.5) is 10.5 Å². The lowest BCUT2D eigenvalue weighted by Crippen LogP contribution is -2.50. The van der Waals surface area contributed by atoms with Crippen LogP contribution in [-0.4, -0.2) is 79.6 Å². The maximum Gasteiger partial charge on any atom is 0.319 e. The van der Waals surface area contributed by atoms with Crippen molar-refractivity contribution in [2.24, 2.45) is 5.92 Å². The summed E-state index contributed by atoms with van der Waals surface area (Å²) in [6, 6.07) is 7.48. The van der Waals surface area contributed by atoms with Gasteiger partial charge in [-0.05, 0) is 49.4 Å². The lowest BCUT2D eigenvalue weighted by molar-refractivity contribution is 0.0387. The van der Waals surface area contributed by atoms with Gasteiger partial charge in [0, 0.05) is 31.2 Å². The minimum Gasteiger partial charge on any atom is -0.488 e. The molecule has 1 saturated carbocycles. The molecule has 3 atom stereocenters. The van der Waals surface area contributed by atoms with Gasteiger partial charge in [0.1, 0.15) is 16.1 Å². The van der Waals surface area contributed by atoms with E-state index in [1.807, 2.05) is 6.92 Å². The van der Waals surface area contributed by atoms with Crippen LogP contribution in [0.3, 0.4) is 0 Å². The van der Waals surface area contributed by atoms with Gasteiger partial charge in [0.05, 0.1) is 24.8 Å². The average molecular weight is 579 g/mol. The molecular formula is C27H38N4O6S2. The van der Waals surface area contributed by atoms with Crippen molar-refractivity contribution in [1.29, 1.82) is 0 Å². The third-order valence-electron chi connectivity index (χ3n) is 7.46. The van der Waals surface area contributed by atoms with Crippen LogP contribution >= 0.6 is 11.3 Å². The van der Waals surface area contributed by atoms with E-state index in [4.69, 9.17) is 4.74 Å². The van der Waals surface area contributed by atoms with Crippen LogP contribution in [0.1, 0.15) is 56.3 Å². The maximum atomic E-state index is 13.6. The van der Waals surface area contributed by atoms with Gasteiger partial charge >= 0.3 is 6.03 Å². The fraction of sp³-hybridized carbons (Fsp3) is 0.556. The standard InChI is InChI=1S/C27H38N4O6S2/c1-18-15-31(19(2)17-32)26(33)22-14-21(29-27(34)28-20-8-5-4-6-9-20)11-12-23(22)37-24(18)16-30(3)39(35,36)25-10-7-13-38-25/h7,10-14,18-20,24,32H,4-6,8-9,15-17H2,1-3H3,(H2,28,29,34)/t18-,19+,24-/m0/s1. The number of ether oxygens (including phenoxy) is 1. The zero-order valence-electron chi connectivity index (χ0n) is 22.6. The number of carbonyl (C=O) groups excluding carboxylic acids is 2. The number of thiophene rings is 1. The molecule has 0 radical (unpaired) electrons. The van der Waals surface area contributed by atoms with Gasteiger partial charge in [0.25, 0.3) is 15.9 Å². The summed E-state index contributed by atoms with van der Waals surface area (Å²) in [5.41, 5.74) is 0.685. The van der Waals surface area contributed by atoms with E-state index in [0.29, 0.717) is 11.4 Å².